The number of hydrogen-bond acceptors (Lipinski definition) is 3. The second kappa shape index (κ2) is 22.6. The normalized spacial score (nSPS) is 3.00. The average Bonchev–Trinajstić information content (AvgIpc) is 0.811. The fraction of sp³-hybridized carbons (Fsp3) is 0. The van der Waals surface area contributed by atoms with E-state index in [4.69, 9.17) is 15.0 Å². The van der Waals surface area contributed by atoms with E-state index in [0.717, 1.165) is 0 Å². The van der Waals surface area contributed by atoms with E-state index >= 15 is 0 Å². The van der Waals surface area contributed by atoms with Crippen LogP contribution in [-0.4, -0.2) is 6.16 Å². The van der Waals surface area contributed by atoms with Gasteiger partial charge < -0.3 is 17.9 Å². The summed E-state index contributed by atoms with van der Waals surface area (Å²) in [5.41, 5.74) is 0. The minimum atomic E-state index is -2.33. The number of hydrogen-bond donors (Lipinski definition) is 0. The summed E-state index contributed by atoms with van der Waals surface area (Å²) in [6, 6.07) is 0. The molecule has 0 spiro atoms. The van der Waals surface area contributed by atoms with Crippen molar-refractivity contribution in [1.82, 2.24) is 0 Å². The minimum Gasteiger partial charge on any atom is -1.00 e. The average molecular weight is 186 g/mol. The molecule has 0 atom stereocenters. The third-order valence-electron chi connectivity index (χ3n) is 0. The van der Waals surface area contributed by atoms with Gasteiger partial charge in [0.25, 0.3) is 0 Å². The topological polar surface area (TPSA) is 63.2 Å². The first-order chi connectivity index (χ1) is 1.73. The quantitative estimate of drug-likeness (QED) is 0.353. The fourth-order valence-corrected chi connectivity index (χ4v) is 0. The van der Waals surface area contributed by atoms with Crippen molar-refractivity contribution in [3.8, 4) is 0 Å². The van der Waals surface area contributed by atoms with Crippen molar-refractivity contribution >= 4 is 6.16 Å². The van der Waals surface area contributed by atoms with Gasteiger partial charge in [-0.25, -0.2) is 0 Å². The molecule has 0 N–H and O–H groups in total. The van der Waals surface area contributed by atoms with E-state index in [-0.39, 0.29) is 165 Å². The van der Waals surface area contributed by atoms with Crippen LogP contribution in [0, 0.1) is 0 Å². The Balaban J connectivity index is -0.00000000300. The van der Waals surface area contributed by atoms with Crippen LogP contribution in [0.4, 0.5) is 4.79 Å². The van der Waals surface area contributed by atoms with Gasteiger partial charge in [0.05, 0.1) is 0 Å². The molecule has 0 rings (SSSR count). The summed E-state index contributed by atoms with van der Waals surface area (Å²) in [5, 5.41) is 16.7. The SMILES string of the molecule is O=C([O-])[O-].[H-].[H-].[K+].[K+].[Na+].[Na+]. The molecule has 3 nitrogen and oxygen atoms in total. The van der Waals surface area contributed by atoms with Crippen molar-refractivity contribution in [3.05, 3.63) is 0 Å². The van der Waals surface area contributed by atoms with Crippen LogP contribution >= 0.6 is 0 Å². The van der Waals surface area contributed by atoms with E-state index in [9.17, 15) is 0 Å². The molecule has 28 valence electrons. The molecule has 8 heavy (non-hydrogen) atoms. The molecule has 0 amide bonds. The van der Waals surface area contributed by atoms with Gasteiger partial charge in [-0.2, -0.15) is 0 Å². The van der Waals surface area contributed by atoms with Gasteiger partial charge in [-0.1, -0.05) is 0 Å². The molecule has 7 heteroatoms. The summed E-state index contributed by atoms with van der Waals surface area (Å²) in [4.78, 5) is 8.33. The van der Waals surface area contributed by atoms with Crippen LogP contribution in [0.15, 0.2) is 0 Å². The Labute approximate surface area is 180 Å². The van der Waals surface area contributed by atoms with Crippen LogP contribution in [0.3, 0.4) is 0 Å². The number of rotatable bonds is 0. The monoisotopic (exact) mass is 186 g/mol. The second-order valence-corrected chi connectivity index (χ2v) is 0.250. The number of carbonyl (C=O) groups is 1. The summed E-state index contributed by atoms with van der Waals surface area (Å²) >= 11 is 0. The van der Waals surface area contributed by atoms with Crippen LogP contribution < -0.4 is 172 Å². The maximum absolute atomic E-state index is 8.33. The van der Waals surface area contributed by atoms with E-state index < -0.39 is 6.16 Å². The smallest absolute Gasteiger partial charge is 1.00 e. The Bertz CT molecular complexity index is 45.5. The Hall–Kier alpha value is 4.54. The van der Waals surface area contributed by atoms with Crippen LogP contribution in [0.5, 0.6) is 0 Å². The maximum atomic E-state index is 8.33. The molecule has 0 aliphatic carbocycles. The first-order valence-electron chi connectivity index (χ1n) is 0.612. The molecule has 0 radical (unpaired) electrons. The Morgan fingerprint density at radius 2 is 1.12 bits per heavy atom. The van der Waals surface area contributed by atoms with Gasteiger partial charge in [-0.05, 0) is 6.16 Å². The molecule has 0 unspecified atom stereocenters. The summed E-state index contributed by atoms with van der Waals surface area (Å²) in [7, 11) is 0. The zero-order valence-electron chi connectivity index (χ0n) is 7.72. The Morgan fingerprint density at radius 1 is 1.12 bits per heavy atom. The molecule has 0 saturated heterocycles. The van der Waals surface area contributed by atoms with E-state index in [1.165, 1.54) is 0 Å². The summed E-state index contributed by atoms with van der Waals surface area (Å²) in [6.45, 7) is 0. The molecule has 0 aliphatic rings. The first-order valence-corrected chi connectivity index (χ1v) is 0.612. The van der Waals surface area contributed by atoms with Gasteiger partial charge in [0.15, 0.2) is 0 Å². The fourth-order valence-electron chi connectivity index (χ4n) is 0. The summed E-state index contributed by atoms with van der Waals surface area (Å²) in [6.07, 6.45) is -2.33. The van der Waals surface area contributed by atoms with Crippen molar-refractivity contribution in [2.75, 3.05) is 0 Å². The van der Waals surface area contributed by atoms with Crippen molar-refractivity contribution in [2.24, 2.45) is 0 Å². The second-order valence-electron chi connectivity index (χ2n) is 0.250. The van der Waals surface area contributed by atoms with E-state index in [2.05, 4.69) is 0 Å². The Morgan fingerprint density at radius 3 is 1.12 bits per heavy atom. The summed E-state index contributed by atoms with van der Waals surface area (Å²) in [5.74, 6) is 0. The predicted molar refractivity (Wildman–Crippen MR) is 7.62 cm³/mol. The molecule has 0 saturated carbocycles. The molecule has 0 heterocycles. The molecule has 0 aliphatic heterocycles. The molecule has 0 aromatic rings. The van der Waals surface area contributed by atoms with Gasteiger partial charge in [0, 0.05) is 0 Å². The molecular weight excluding hydrogens is 184 g/mol. The van der Waals surface area contributed by atoms with E-state index in [0.29, 0.717) is 0 Å². The van der Waals surface area contributed by atoms with E-state index in [1.54, 1.807) is 0 Å². The molecule has 0 fully saturated rings. The molecule has 0 aromatic carbocycles. The van der Waals surface area contributed by atoms with Crippen molar-refractivity contribution in [3.63, 3.8) is 0 Å². The number of carbonyl (C=O) groups excluding carboxylic acids is 1. The standard InChI is InChI=1S/CH2O3.2K.2Na.2H/c2-1(3)4;;;;;;/h(H2,2,3,4);;;;;;/q;4*+1;2*-1/p-2. The molecule has 0 aromatic heterocycles. The Kier molecular flexibility index (Phi) is 82.8. The minimum absolute atomic E-state index is 0. The van der Waals surface area contributed by atoms with Gasteiger partial charge in [0.1, 0.15) is 0 Å². The van der Waals surface area contributed by atoms with Gasteiger partial charge in [-0.15, -0.1) is 0 Å². The first kappa shape index (κ1) is 29.4. The predicted octanol–water partition coefficient (Wildman–Crippen LogP) is -14.2. The van der Waals surface area contributed by atoms with Crippen molar-refractivity contribution in [2.45, 2.75) is 0 Å². The number of carboxylic acid groups (broad SMARTS) is 2. The van der Waals surface area contributed by atoms with Crippen LogP contribution in [0.1, 0.15) is 2.85 Å². The van der Waals surface area contributed by atoms with Gasteiger partial charge in [0.2, 0.25) is 0 Å². The van der Waals surface area contributed by atoms with Crippen molar-refractivity contribution in [1.29, 1.82) is 0 Å². The summed E-state index contributed by atoms with van der Waals surface area (Å²) < 4.78 is 0. The zero-order valence-corrected chi connectivity index (χ0v) is 16.0. The van der Waals surface area contributed by atoms with Gasteiger partial charge >= 0.3 is 162 Å². The van der Waals surface area contributed by atoms with Gasteiger partial charge in [-0.3, -0.25) is 0 Å². The van der Waals surface area contributed by atoms with Crippen molar-refractivity contribution < 1.29 is 180 Å². The maximum Gasteiger partial charge on any atom is 1.00 e. The zero-order chi connectivity index (χ0) is 3.58. The third kappa shape index (κ3) is 46.5. The van der Waals surface area contributed by atoms with Crippen LogP contribution in [0.2, 0.25) is 0 Å². The largest absolute Gasteiger partial charge is 1.00 e. The van der Waals surface area contributed by atoms with Crippen LogP contribution in [0.25, 0.3) is 0 Å². The molecular formula is CH2K2Na2O3. The molecule has 0 bridgehead atoms. The van der Waals surface area contributed by atoms with Crippen LogP contribution in [-0.2, 0) is 0 Å². The third-order valence-corrected chi connectivity index (χ3v) is 0. The van der Waals surface area contributed by atoms with E-state index in [1.807, 2.05) is 0 Å².